The Morgan fingerprint density at radius 1 is 0.919 bits per heavy atom. The van der Waals surface area contributed by atoms with Gasteiger partial charge in [-0.25, -0.2) is 18.2 Å². The van der Waals surface area contributed by atoms with Crippen LogP contribution in [0.5, 0.6) is 5.75 Å². The molecule has 1 aromatic heterocycles. The lowest BCUT2D eigenvalue weighted by Crippen LogP contribution is -2.11. The molecule has 0 aliphatic rings. The predicted molar refractivity (Wildman–Crippen MR) is 143 cm³/mol. The molecule has 8 heteroatoms. The average molecular weight is 517 g/mol. The number of nitrogens with zero attached hydrogens (tertiary/aromatic N) is 1. The molecule has 0 aliphatic heterocycles. The summed E-state index contributed by atoms with van der Waals surface area (Å²) in [4.78, 5) is 16.6. The molecule has 3 aromatic carbocycles. The van der Waals surface area contributed by atoms with Crippen LogP contribution in [0, 0.1) is 0 Å². The Morgan fingerprint density at radius 2 is 1.65 bits per heavy atom. The van der Waals surface area contributed by atoms with Gasteiger partial charge in [0.15, 0.2) is 9.84 Å². The second-order valence-corrected chi connectivity index (χ2v) is 10.4. The molecule has 37 heavy (non-hydrogen) atoms. The molecule has 7 nitrogen and oxygen atoms in total. The number of hydrogen-bond acceptors (Lipinski definition) is 7. The Balaban J connectivity index is 1.35. The van der Waals surface area contributed by atoms with Crippen molar-refractivity contribution in [1.82, 2.24) is 4.98 Å². The van der Waals surface area contributed by atoms with Gasteiger partial charge in [0.2, 0.25) is 0 Å². The van der Waals surface area contributed by atoms with E-state index in [2.05, 4.69) is 10.3 Å². The number of rotatable bonds is 11. The average Bonchev–Trinajstić information content (AvgIpc) is 2.95. The highest BCUT2D eigenvalue weighted by Crippen LogP contribution is 2.25. The molecule has 1 heterocycles. The van der Waals surface area contributed by atoms with Gasteiger partial charge < -0.3 is 14.8 Å². The Morgan fingerprint density at radius 3 is 2.41 bits per heavy atom. The number of methoxy groups -OCH3 is 1. The Hall–Kier alpha value is -4.17. The van der Waals surface area contributed by atoms with Crippen LogP contribution in [0.15, 0.2) is 102 Å². The van der Waals surface area contributed by atoms with Crippen LogP contribution < -0.4 is 10.1 Å². The number of anilines is 1. The predicted octanol–water partition coefficient (Wildman–Crippen LogP) is 5.39. The normalized spacial score (nSPS) is 11.1. The number of benzene rings is 3. The molecule has 0 aliphatic carbocycles. The zero-order valence-corrected chi connectivity index (χ0v) is 21.3. The van der Waals surface area contributed by atoms with Gasteiger partial charge in [-0.3, -0.25) is 0 Å². The minimum Gasteiger partial charge on any atom is -0.494 e. The standard InChI is InChI=1S/C29H28N2O5S/c1-35-29(32)27-11-6-5-10-26(27)23-14-12-22(13-15-23)21-31-28-20-25(16-17-30-28)37(33,34)19-7-18-36-24-8-3-2-4-9-24/h2-6,8-17,20H,7,18-19,21H2,1H3,(H,30,31). The van der Waals surface area contributed by atoms with Crippen LogP contribution in [0.25, 0.3) is 11.1 Å². The van der Waals surface area contributed by atoms with Crippen LogP contribution in [0.4, 0.5) is 5.82 Å². The zero-order valence-electron chi connectivity index (χ0n) is 20.5. The molecule has 0 saturated carbocycles. The van der Waals surface area contributed by atoms with E-state index >= 15 is 0 Å². The van der Waals surface area contributed by atoms with Crippen molar-refractivity contribution in [3.63, 3.8) is 0 Å². The fourth-order valence-corrected chi connectivity index (χ4v) is 5.09. The molecular weight excluding hydrogens is 488 g/mol. The fraction of sp³-hybridized carbons (Fsp3) is 0.172. The molecule has 4 rings (SSSR count). The van der Waals surface area contributed by atoms with Crippen LogP contribution in [0.2, 0.25) is 0 Å². The Bertz CT molecular complexity index is 1440. The maximum atomic E-state index is 12.8. The lowest BCUT2D eigenvalue weighted by Gasteiger charge is -2.11. The van der Waals surface area contributed by atoms with Crippen LogP contribution in [0.1, 0.15) is 22.3 Å². The highest BCUT2D eigenvalue weighted by Gasteiger charge is 2.16. The summed E-state index contributed by atoms with van der Waals surface area (Å²) in [6.45, 7) is 0.778. The Labute approximate surface area is 217 Å². The van der Waals surface area contributed by atoms with Crippen LogP contribution in [-0.4, -0.2) is 38.8 Å². The lowest BCUT2D eigenvalue weighted by molar-refractivity contribution is 0.0601. The van der Waals surface area contributed by atoms with Gasteiger partial charge in [-0.05, 0) is 53.4 Å². The van der Waals surface area contributed by atoms with Gasteiger partial charge in [0.25, 0.3) is 0 Å². The monoisotopic (exact) mass is 516 g/mol. The van der Waals surface area contributed by atoms with E-state index in [9.17, 15) is 13.2 Å². The molecule has 0 radical (unpaired) electrons. The van der Waals surface area contributed by atoms with E-state index in [4.69, 9.17) is 9.47 Å². The molecule has 0 atom stereocenters. The van der Waals surface area contributed by atoms with Crippen molar-refractivity contribution in [3.8, 4) is 16.9 Å². The summed E-state index contributed by atoms with van der Waals surface area (Å²) >= 11 is 0. The van der Waals surface area contributed by atoms with Crippen molar-refractivity contribution in [3.05, 3.63) is 108 Å². The SMILES string of the molecule is COC(=O)c1ccccc1-c1ccc(CNc2cc(S(=O)(=O)CCCOc3ccccc3)ccn2)cc1. The second-order valence-electron chi connectivity index (χ2n) is 8.30. The van der Waals surface area contributed by atoms with Crippen LogP contribution >= 0.6 is 0 Å². The van der Waals surface area contributed by atoms with E-state index in [-0.39, 0.29) is 16.6 Å². The van der Waals surface area contributed by atoms with E-state index in [1.165, 1.54) is 19.4 Å². The maximum absolute atomic E-state index is 12.8. The largest absolute Gasteiger partial charge is 0.494 e. The van der Waals surface area contributed by atoms with Gasteiger partial charge in [-0.15, -0.1) is 0 Å². The van der Waals surface area contributed by atoms with Gasteiger partial charge in [0.1, 0.15) is 11.6 Å². The molecule has 0 spiro atoms. The van der Waals surface area contributed by atoms with Crippen molar-refractivity contribution >= 4 is 21.6 Å². The summed E-state index contributed by atoms with van der Waals surface area (Å²) in [5.74, 6) is 0.793. The summed E-state index contributed by atoms with van der Waals surface area (Å²) in [6.07, 6.45) is 1.87. The molecule has 4 aromatic rings. The van der Waals surface area contributed by atoms with Gasteiger partial charge in [0.05, 0.1) is 29.9 Å². The van der Waals surface area contributed by atoms with E-state index in [0.29, 0.717) is 31.0 Å². The van der Waals surface area contributed by atoms with E-state index in [1.807, 2.05) is 66.7 Å². The topological polar surface area (TPSA) is 94.6 Å². The van der Waals surface area contributed by atoms with Gasteiger partial charge in [-0.1, -0.05) is 60.7 Å². The third-order valence-corrected chi connectivity index (χ3v) is 7.53. The fourth-order valence-electron chi connectivity index (χ4n) is 3.79. The zero-order chi connectivity index (χ0) is 26.1. The molecule has 0 unspecified atom stereocenters. The summed E-state index contributed by atoms with van der Waals surface area (Å²) in [5, 5.41) is 3.19. The molecule has 0 bridgehead atoms. The lowest BCUT2D eigenvalue weighted by atomic mass is 9.99. The minimum absolute atomic E-state index is 0.0161. The van der Waals surface area contributed by atoms with Crippen molar-refractivity contribution in [2.45, 2.75) is 17.9 Å². The van der Waals surface area contributed by atoms with Crippen molar-refractivity contribution in [1.29, 1.82) is 0 Å². The molecule has 190 valence electrons. The van der Waals surface area contributed by atoms with Crippen molar-refractivity contribution in [2.24, 2.45) is 0 Å². The third kappa shape index (κ3) is 6.95. The summed E-state index contributed by atoms with van der Waals surface area (Å²) in [5.41, 5.74) is 3.17. The number of esters is 1. The molecule has 0 fully saturated rings. The first-order valence-corrected chi connectivity index (χ1v) is 13.5. The maximum Gasteiger partial charge on any atom is 0.338 e. The van der Waals surface area contributed by atoms with E-state index in [1.54, 1.807) is 18.2 Å². The number of carbonyl (C=O) groups is 1. The number of hydrogen-bond donors (Lipinski definition) is 1. The smallest absolute Gasteiger partial charge is 0.338 e. The number of aromatic nitrogens is 1. The van der Waals surface area contributed by atoms with Gasteiger partial charge in [-0.2, -0.15) is 0 Å². The number of nitrogens with one attached hydrogen (secondary N) is 1. The number of pyridine rings is 1. The van der Waals surface area contributed by atoms with Crippen LogP contribution in [0.3, 0.4) is 0 Å². The molecular formula is C29H28N2O5S. The van der Waals surface area contributed by atoms with E-state index in [0.717, 1.165) is 22.4 Å². The number of sulfone groups is 1. The first-order valence-electron chi connectivity index (χ1n) is 11.8. The summed E-state index contributed by atoms with van der Waals surface area (Å²) in [6, 6.07) is 27.4. The van der Waals surface area contributed by atoms with Gasteiger partial charge in [0, 0.05) is 12.7 Å². The highest BCUT2D eigenvalue weighted by molar-refractivity contribution is 7.91. The summed E-state index contributed by atoms with van der Waals surface area (Å²) < 4.78 is 36.1. The first kappa shape index (κ1) is 25.9. The third-order valence-electron chi connectivity index (χ3n) is 5.73. The minimum atomic E-state index is -3.47. The quantitative estimate of drug-likeness (QED) is 0.211. The number of carbonyl (C=O) groups excluding carboxylic acids is 1. The Kier molecular flexibility index (Phi) is 8.53. The van der Waals surface area contributed by atoms with Gasteiger partial charge >= 0.3 is 5.97 Å². The molecule has 0 amide bonds. The number of para-hydroxylation sites is 1. The highest BCUT2D eigenvalue weighted by atomic mass is 32.2. The number of ether oxygens (including phenoxy) is 2. The van der Waals surface area contributed by atoms with Crippen molar-refractivity contribution in [2.75, 3.05) is 24.8 Å². The van der Waals surface area contributed by atoms with Crippen LogP contribution in [-0.2, 0) is 21.1 Å². The van der Waals surface area contributed by atoms with Crippen molar-refractivity contribution < 1.29 is 22.7 Å². The van der Waals surface area contributed by atoms with E-state index < -0.39 is 9.84 Å². The molecule has 1 N–H and O–H groups in total. The second kappa shape index (κ2) is 12.2. The first-order chi connectivity index (χ1) is 18.0. The summed E-state index contributed by atoms with van der Waals surface area (Å²) in [7, 11) is -2.10. The molecule has 0 saturated heterocycles.